The van der Waals surface area contributed by atoms with E-state index in [4.69, 9.17) is 36.2 Å². The van der Waals surface area contributed by atoms with E-state index in [0.29, 0.717) is 12.0 Å². The quantitative estimate of drug-likeness (QED) is 0.0728. The number of amides is 10. The summed E-state index contributed by atoms with van der Waals surface area (Å²) < 4.78 is 18.1. The standard InChI is InChI=1S/C61H83ClN12O17/c1-25(2)41-57(84)73-20-16-17-34(73)56(83)69(12)23-37(76)71(14)31(10)60(87)90-36(22-62)45(55(82)65-41)68-53(80)39-40(63)49(78)30(9)51-46(39)64-44-33(19-18-28(7)50(44)91-51)52(79)67-43-32(11)89-61(88)47(27(5)6)72(15)38(77)24-70(13)59(86)48-35(75)21-29(8)74(48)58(85)42(26(3)4)66-54(43)81/h18-19,25-27,29,31-32,34-36,41-43,45,47-48,75H,16-17,20-24,63H2,1-15H3,(H,65,82)(H,66,81)(H,67,79)(H,68,80)/t29-,31+,32+,34-,35-,36+,41-,42+,43+,45-,47-,48-/m0/s1. The Hall–Kier alpha value is -8.47. The highest BCUT2D eigenvalue weighted by atomic mass is 35.5. The molecule has 0 aromatic heterocycles. The molecule has 0 unspecified atom stereocenters. The number of carbonyl (C=O) groups is 12. The van der Waals surface area contributed by atoms with Crippen LogP contribution in [0.25, 0.3) is 22.6 Å². The molecule has 0 spiro atoms. The Balaban J connectivity index is 1.33. The number of ether oxygens (including phenoxy) is 2. The maximum absolute atomic E-state index is 15.2. The number of cyclic esters (lactones) is 2. The molecule has 1 aromatic rings. The number of benzene rings is 2. The second-order valence-corrected chi connectivity index (χ2v) is 25.5. The first-order chi connectivity index (χ1) is 42.6. The van der Waals surface area contributed by atoms with Gasteiger partial charge in [0, 0.05) is 46.3 Å². The van der Waals surface area contributed by atoms with E-state index in [1.807, 2.05) is 0 Å². The Kier molecular flexibility index (Phi) is 21.5. The van der Waals surface area contributed by atoms with Gasteiger partial charge < -0.3 is 75.4 Å². The van der Waals surface area contributed by atoms with Crippen molar-refractivity contribution < 1.29 is 76.5 Å². The number of nitrogens with zero attached hydrogens (tertiary/aromatic N) is 7. The number of aromatic nitrogens is 1. The number of hydrogen-bond acceptors (Lipinski definition) is 19. The number of esters is 2. The molecule has 12 atom stereocenters. The predicted molar refractivity (Wildman–Crippen MR) is 327 cm³/mol. The number of fused-ring (bicyclic) bond motifs is 4. The maximum atomic E-state index is 15.2. The van der Waals surface area contributed by atoms with E-state index in [1.165, 1.54) is 70.9 Å². The van der Waals surface area contributed by atoms with E-state index in [0.717, 1.165) is 19.6 Å². The van der Waals surface area contributed by atoms with Crippen molar-refractivity contribution >= 4 is 99.4 Å². The van der Waals surface area contributed by atoms with Crippen molar-refractivity contribution in [2.45, 2.75) is 168 Å². The van der Waals surface area contributed by atoms with Crippen LogP contribution >= 0.6 is 11.6 Å². The topological polar surface area (TPSA) is 380 Å². The fraction of sp³-hybridized carbons (Fsp3) is 0.607. The van der Waals surface area contributed by atoms with Crippen LogP contribution in [0.2, 0.25) is 0 Å². The van der Waals surface area contributed by atoms with Crippen LogP contribution in [-0.4, -0.2) is 237 Å². The highest BCUT2D eigenvalue weighted by molar-refractivity contribution is 6.19. The summed E-state index contributed by atoms with van der Waals surface area (Å²) in [7, 11) is 5.33. The molecule has 1 aliphatic carbocycles. The summed E-state index contributed by atoms with van der Waals surface area (Å²) >= 11 is 6.49. The van der Waals surface area contributed by atoms with E-state index in [1.54, 1.807) is 55.4 Å². The molecule has 7 N–H and O–H groups in total. The smallest absolute Gasteiger partial charge is 0.329 e. The van der Waals surface area contributed by atoms with Crippen molar-refractivity contribution in [3.8, 4) is 11.5 Å². The number of hydrogen-bond donors (Lipinski definition) is 6. The average molecular weight is 1290 g/mol. The number of carbonyl (C=O) groups excluding carboxylic acids is 12. The number of nitrogens with two attached hydrogens (primary N) is 1. The molecule has 5 heterocycles. The van der Waals surface area contributed by atoms with E-state index >= 15 is 9.59 Å². The Morgan fingerprint density at radius 2 is 1.32 bits per heavy atom. The summed E-state index contributed by atoms with van der Waals surface area (Å²) in [5, 5.41) is 21.7. The first-order valence-electron chi connectivity index (χ1n) is 30.2. The van der Waals surface area contributed by atoms with Gasteiger partial charge in [0.1, 0.15) is 71.8 Å². The van der Waals surface area contributed by atoms with Crippen molar-refractivity contribution in [2.75, 3.05) is 59.4 Å². The molecular formula is C61H83ClN12O17. The zero-order valence-electron chi connectivity index (χ0n) is 53.8. The van der Waals surface area contributed by atoms with Gasteiger partial charge in [-0.15, -0.1) is 11.6 Å². The summed E-state index contributed by atoms with van der Waals surface area (Å²) in [6.45, 7) is 16.0. The minimum atomic E-state index is -2.01. The summed E-state index contributed by atoms with van der Waals surface area (Å²) in [5.41, 5.74) is 3.17. The fourth-order valence-corrected chi connectivity index (χ4v) is 12.3. The molecule has 10 amide bonds. The Bertz CT molecular complexity index is 3470. The highest BCUT2D eigenvalue weighted by Gasteiger charge is 2.50. The van der Waals surface area contributed by atoms with Gasteiger partial charge in [0.05, 0.1) is 41.9 Å². The van der Waals surface area contributed by atoms with Crippen LogP contribution in [-0.2, 0) is 57.4 Å². The largest absolute Gasteiger partial charge is 0.458 e. The molecule has 30 heteroatoms. The Labute approximate surface area is 531 Å². The molecule has 4 fully saturated rings. The molecule has 7 rings (SSSR count). The van der Waals surface area contributed by atoms with Gasteiger partial charge in [-0.25, -0.2) is 14.6 Å². The summed E-state index contributed by atoms with van der Waals surface area (Å²) in [6.07, 6.45) is -4.06. The normalized spacial score (nSPS) is 27.6. The number of alkyl halides is 1. The number of aliphatic hydroxyl groups excluding tert-OH is 1. The van der Waals surface area contributed by atoms with Gasteiger partial charge in [0.2, 0.25) is 52.7 Å². The van der Waals surface area contributed by atoms with Crippen LogP contribution in [0.15, 0.2) is 21.3 Å². The molecule has 0 saturated carbocycles. The third kappa shape index (κ3) is 13.9. The van der Waals surface area contributed by atoms with E-state index < -0.39 is 203 Å². The number of nitrogens with one attached hydrogen (secondary N) is 4. The van der Waals surface area contributed by atoms with Gasteiger partial charge in [-0.05, 0) is 83.3 Å². The van der Waals surface area contributed by atoms with Gasteiger partial charge in [-0.3, -0.25) is 52.7 Å². The Morgan fingerprint density at radius 3 is 1.91 bits per heavy atom. The predicted octanol–water partition coefficient (Wildman–Crippen LogP) is -0.332. The van der Waals surface area contributed by atoms with E-state index in [2.05, 4.69) is 21.3 Å². The van der Waals surface area contributed by atoms with Crippen LogP contribution in [0.5, 0.6) is 0 Å². The number of rotatable bonds is 8. The molecule has 0 bridgehead atoms. The number of likely N-dealkylation sites (N-methyl/N-ethyl adjacent to an activating group) is 4. The van der Waals surface area contributed by atoms with E-state index in [9.17, 15) is 57.8 Å². The van der Waals surface area contributed by atoms with Crippen molar-refractivity contribution in [3.63, 3.8) is 0 Å². The van der Waals surface area contributed by atoms with Crippen LogP contribution < -0.4 is 32.4 Å². The van der Waals surface area contributed by atoms with Gasteiger partial charge in [-0.2, -0.15) is 0 Å². The number of halogens is 1. The lowest BCUT2D eigenvalue weighted by molar-refractivity contribution is -0.163. The SMILES string of the molecule is Cc1c2oc3c(C)ccc(C(=O)N[C@H]4C(=O)N[C@H](C(C)C)C(=O)N5[C@H](C(=O)N(C)CC(=O)N(C)[C@@H](C(C)C)C(=O)O[C@@H]4C)[C@@H](O)C[C@@H]5C)c3nc-2c(C(=O)N[C@@H]2C(=O)N[C@@H](C(C)C)C(=O)N3CCC[C@H]3C(=O)N(C)CC(=O)N(C)[C@H](C)C(=O)O[C@@H]2CCl)c(N)c1=O. The molecule has 5 aliphatic heterocycles. The minimum Gasteiger partial charge on any atom is -0.458 e. The van der Waals surface area contributed by atoms with Gasteiger partial charge >= 0.3 is 11.9 Å². The fourth-order valence-electron chi connectivity index (χ4n) is 12.0. The molecular weight excluding hydrogens is 1210 g/mol. The first-order valence-corrected chi connectivity index (χ1v) is 30.8. The number of aryl methyl sites for hydroxylation is 1. The molecule has 29 nitrogen and oxygen atoms in total. The molecule has 6 aliphatic rings. The summed E-state index contributed by atoms with van der Waals surface area (Å²) in [6, 6.07) is -9.76. The zero-order valence-corrected chi connectivity index (χ0v) is 54.6. The second-order valence-electron chi connectivity index (χ2n) is 25.2. The summed E-state index contributed by atoms with van der Waals surface area (Å²) in [4.78, 5) is 199. The third-order valence-corrected chi connectivity index (χ3v) is 17.9. The van der Waals surface area contributed by atoms with Crippen LogP contribution in [0.4, 0.5) is 5.69 Å². The highest BCUT2D eigenvalue weighted by Crippen LogP contribution is 2.36. The van der Waals surface area contributed by atoms with Crippen molar-refractivity contribution in [3.05, 3.63) is 44.6 Å². The number of aliphatic hydroxyl groups is 1. The monoisotopic (exact) mass is 1290 g/mol. The average Bonchev–Trinajstić information content (AvgIpc) is 1.36. The van der Waals surface area contributed by atoms with Crippen molar-refractivity contribution in [1.82, 2.24) is 55.7 Å². The number of nitrogen functional groups attached to an aromatic ring is 1. The van der Waals surface area contributed by atoms with Crippen LogP contribution in [0.1, 0.15) is 113 Å². The lowest BCUT2D eigenvalue weighted by atomic mass is 9.98. The first kappa shape index (κ1) is 70.0. The molecule has 0 radical (unpaired) electrons. The van der Waals surface area contributed by atoms with Gasteiger partial charge in [-0.1, -0.05) is 47.6 Å². The lowest BCUT2D eigenvalue weighted by Gasteiger charge is -2.37. The van der Waals surface area contributed by atoms with Crippen LogP contribution in [0.3, 0.4) is 0 Å². The molecule has 496 valence electrons. The van der Waals surface area contributed by atoms with Crippen LogP contribution in [0, 0.1) is 31.6 Å². The van der Waals surface area contributed by atoms with Crippen molar-refractivity contribution in [2.24, 2.45) is 17.8 Å². The third-order valence-electron chi connectivity index (χ3n) is 17.6. The zero-order chi connectivity index (χ0) is 67.8. The lowest BCUT2D eigenvalue weighted by Crippen LogP contribution is -2.62. The van der Waals surface area contributed by atoms with Gasteiger partial charge in [0.25, 0.3) is 11.8 Å². The molecule has 1 aromatic carbocycles. The minimum absolute atomic E-state index is 0.0241. The molecule has 91 heavy (non-hydrogen) atoms. The second kappa shape index (κ2) is 28.0. The molecule has 4 saturated heterocycles. The number of anilines is 1. The summed E-state index contributed by atoms with van der Waals surface area (Å²) in [5.74, 6) is -13.8. The Morgan fingerprint density at radius 1 is 0.747 bits per heavy atom. The van der Waals surface area contributed by atoms with Crippen molar-refractivity contribution in [1.29, 1.82) is 0 Å². The van der Waals surface area contributed by atoms with Gasteiger partial charge in [0.15, 0.2) is 11.3 Å². The van der Waals surface area contributed by atoms with E-state index in [-0.39, 0.29) is 47.4 Å². The maximum Gasteiger partial charge on any atom is 0.329 e.